The van der Waals surface area contributed by atoms with Crippen LogP contribution in [-0.2, 0) is 16.1 Å². The minimum atomic E-state index is -0.549. The molecule has 1 atom stereocenters. The number of benzene rings is 1. The maximum Gasteiger partial charge on any atom is 0.255 e. The first-order valence-electron chi connectivity index (χ1n) is 11.3. The second-order valence-corrected chi connectivity index (χ2v) is 9.15. The van der Waals surface area contributed by atoms with E-state index >= 15 is 0 Å². The Bertz CT molecular complexity index is 856. The van der Waals surface area contributed by atoms with Gasteiger partial charge in [-0.25, -0.2) is 0 Å². The molecule has 0 saturated carbocycles. The number of imide groups is 1. The van der Waals surface area contributed by atoms with Crippen LogP contribution in [0.1, 0.15) is 54.4 Å². The van der Waals surface area contributed by atoms with Gasteiger partial charge in [0.25, 0.3) is 5.91 Å². The van der Waals surface area contributed by atoms with Gasteiger partial charge in [0, 0.05) is 37.3 Å². The fraction of sp³-hybridized carbons (Fsp3) is 0.609. The van der Waals surface area contributed by atoms with Gasteiger partial charge in [-0.3, -0.25) is 19.7 Å². The van der Waals surface area contributed by atoms with Gasteiger partial charge in [0.1, 0.15) is 6.04 Å². The number of nitrogens with one attached hydrogen (secondary N) is 2. The summed E-state index contributed by atoms with van der Waals surface area (Å²) in [5.74, 6) is 0.995. The van der Waals surface area contributed by atoms with Gasteiger partial charge in [-0.05, 0) is 80.8 Å². The minimum Gasteiger partial charge on any atom is -0.372 e. The zero-order valence-electron chi connectivity index (χ0n) is 17.4. The molecule has 0 bridgehead atoms. The van der Waals surface area contributed by atoms with Gasteiger partial charge in [0.05, 0.1) is 0 Å². The Labute approximate surface area is 177 Å². The Balaban J connectivity index is 1.25. The number of amides is 3. The highest BCUT2D eigenvalue weighted by Gasteiger charge is 2.39. The normalized spacial score (nSPS) is 26.1. The number of carbonyl (C=O) groups is 3. The van der Waals surface area contributed by atoms with Crippen LogP contribution < -0.4 is 15.5 Å². The third kappa shape index (κ3) is 3.60. The second-order valence-electron chi connectivity index (χ2n) is 9.15. The molecule has 0 aromatic heterocycles. The molecule has 3 amide bonds. The van der Waals surface area contributed by atoms with Crippen LogP contribution >= 0.6 is 0 Å². The van der Waals surface area contributed by atoms with Crippen LogP contribution in [-0.4, -0.2) is 54.8 Å². The van der Waals surface area contributed by atoms with Gasteiger partial charge < -0.3 is 15.1 Å². The lowest BCUT2D eigenvalue weighted by atomic mass is 9.79. The molecule has 7 nitrogen and oxygen atoms in total. The number of fused-ring (bicyclic) bond motifs is 1. The predicted octanol–water partition coefficient (Wildman–Crippen LogP) is 1.66. The van der Waals surface area contributed by atoms with Crippen molar-refractivity contribution in [3.05, 3.63) is 29.3 Å². The van der Waals surface area contributed by atoms with E-state index in [-0.39, 0.29) is 24.1 Å². The van der Waals surface area contributed by atoms with Crippen molar-refractivity contribution >= 4 is 23.4 Å². The summed E-state index contributed by atoms with van der Waals surface area (Å²) >= 11 is 0. The summed E-state index contributed by atoms with van der Waals surface area (Å²) in [5, 5.41) is 5.83. The van der Waals surface area contributed by atoms with E-state index in [1.807, 2.05) is 6.07 Å². The third-order valence-electron chi connectivity index (χ3n) is 7.46. The van der Waals surface area contributed by atoms with E-state index in [9.17, 15) is 14.4 Å². The van der Waals surface area contributed by atoms with Crippen LogP contribution in [0.4, 0.5) is 5.69 Å². The summed E-state index contributed by atoms with van der Waals surface area (Å²) in [4.78, 5) is 40.6. The molecule has 3 fully saturated rings. The molecular formula is C23H30N4O3. The van der Waals surface area contributed by atoms with Crippen molar-refractivity contribution in [3.63, 3.8) is 0 Å². The van der Waals surface area contributed by atoms with E-state index in [1.54, 1.807) is 4.90 Å². The van der Waals surface area contributed by atoms with E-state index in [1.165, 1.54) is 31.4 Å². The largest absolute Gasteiger partial charge is 0.372 e. The molecule has 1 aromatic carbocycles. The molecule has 160 valence electrons. The number of anilines is 1. The number of hydrogen-bond acceptors (Lipinski definition) is 5. The third-order valence-corrected chi connectivity index (χ3v) is 7.46. The number of nitrogens with zero attached hydrogens (tertiary/aromatic N) is 2. The topological polar surface area (TPSA) is 81.8 Å². The molecule has 0 spiro atoms. The van der Waals surface area contributed by atoms with Crippen molar-refractivity contribution in [1.29, 1.82) is 0 Å². The summed E-state index contributed by atoms with van der Waals surface area (Å²) in [6, 6.07) is 5.55. The molecular weight excluding hydrogens is 380 g/mol. The summed E-state index contributed by atoms with van der Waals surface area (Å²) in [7, 11) is 0. The first-order chi connectivity index (χ1) is 14.6. The first-order valence-corrected chi connectivity index (χ1v) is 11.3. The zero-order valence-corrected chi connectivity index (χ0v) is 17.4. The van der Waals surface area contributed by atoms with Crippen molar-refractivity contribution in [3.8, 4) is 0 Å². The maximum absolute atomic E-state index is 12.9. The summed E-state index contributed by atoms with van der Waals surface area (Å²) < 4.78 is 0. The molecule has 5 rings (SSSR count). The van der Waals surface area contributed by atoms with Crippen molar-refractivity contribution in [2.24, 2.45) is 11.8 Å². The minimum absolute atomic E-state index is 0.101. The predicted molar refractivity (Wildman–Crippen MR) is 113 cm³/mol. The van der Waals surface area contributed by atoms with Gasteiger partial charge in [0.15, 0.2) is 0 Å². The molecule has 1 aromatic rings. The first kappa shape index (κ1) is 19.5. The van der Waals surface area contributed by atoms with Gasteiger partial charge >= 0.3 is 0 Å². The molecule has 0 aliphatic carbocycles. The lowest BCUT2D eigenvalue weighted by molar-refractivity contribution is -0.136. The van der Waals surface area contributed by atoms with Crippen LogP contribution in [0.3, 0.4) is 0 Å². The lowest BCUT2D eigenvalue weighted by Gasteiger charge is -2.38. The Morgan fingerprint density at radius 3 is 2.37 bits per heavy atom. The molecule has 3 saturated heterocycles. The fourth-order valence-electron chi connectivity index (χ4n) is 5.70. The molecule has 7 heteroatoms. The van der Waals surface area contributed by atoms with Crippen LogP contribution in [0, 0.1) is 11.8 Å². The van der Waals surface area contributed by atoms with Crippen LogP contribution in [0.5, 0.6) is 0 Å². The highest BCUT2D eigenvalue weighted by Crippen LogP contribution is 2.35. The van der Waals surface area contributed by atoms with E-state index in [0.29, 0.717) is 18.5 Å². The van der Waals surface area contributed by atoms with Crippen LogP contribution in [0.2, 0.25) is 0 Å². The Morgan fingerprint density at radius 1 is 0.900 bits per heavy atom. The Kier molecular flexibility index (Phi) is 5.23. The van der Waals surface area contributed by atoms with Gasteiger partial charge in [0.2, 0.25) is 11.8 Å². The van der Waals surface area contributed by atoms with Crippen molar-refractivity contribution < 1.29 is 14.4 Å². The average Bonchev–Trinajstić information content (AvgIpc) is 3.10. The van der Waals surface area contributed by atoms with Crippen molar-refractivity contribution in [2.75, 3.05) is 31.1 Å². The number of piperidine rings is 3. The highest BCUT2D eigenvalue weighted by molar-refractivity contribution is 6.05. The average molecular weight is 411 g/mol. The van der Waals surface area contributed by atoms with E-state index < -0.39 is 6.04 Å². The summed E-state index contributed by atoms with van der Waals surface area (Å²) in [6.45, 7) is 4.90. The van der Waals surface area contributed by atoms with Gasteiger partial charge in [-0.2, -0.15) is 0 Å². The number of hydrogen-bond donors (Lipinski definition) is 2. The second kappa shape index (κ2) is 8.02. The lowest BCUT2D eigenvalue weighted by Crippen LogP contribution is -2.52. The standard InChI is InChI=1S/C23H30N4O3/c28-21-4-3-20(22(29)25-21)27-14-17-13-18(1-2-19(17)23(27)30)26-11-7-16(8-12-26)15-5-9-24-10-6-15/h1-2,13,15-16,20,24H,3-12,14H2,(H,25,28,29). The molecule has 4 aliphatic heterocycles. The monoisotopic (exact) mass is 410 g/mol. The Morgan fingerprint density at radius 2 is 1.63 bits per heavy atom. The van der Waals surface area contributed by atoms with Crippen LogP contribution in [0.25, 0.3) is 0 Å². The number of carbonyl (C=O) groups excluding carboxylic acids is 3. The van der Waals surface area contributed by atoms with Gasteiger partial charge in [-0.1, -0.05) is 0 Å². The van der Waals surface area contributed by atoms with E-state index in [2.05, 4.69) is 27.7 Å². The highest BCUT2D eigenvalue weighted by atomic mass is 16.2. The van der Waals surface area contributed by atoms with E-state index in [0.717, 1.165) is 43.6 Å². The summed E-state index contributed by atoms with van der Waals surface area (Å²) in [5.41, 5.74) is 2.85. The van der Waals surface area contributed by atoms with Crippen molar-refractivity contribution in [2.45, 2.75) is 51.1 Å². The van der Waals surface area contributed by atoms with Crippen molar-refractivity contribution in [1.82, 2.24) is 15.5 Å². The maximum atomic E-state index is 12.9. The molecule has 30 heavy (non-hydrogen) atoms. The molecule has 4 heterocycles. The fourth-order valence-corrected chi connectivity index (χ4v) is 5.70. The van der Waals surface area contributed by atoms with Gasteiger partial charge in [-0.15, -0.1) is 0 Å². The van der Waals surface area contributed by atoms with E-state index in [4.69, 9.17) is 0 Å². The van der Waals surface area contributed by atoms with Crippen LogP contribution in [0.15, 0.2) is 18.2 Å². The quantitative estimate of drug-likeness (QED) is 0.741. The Hall–Kier alpha value is -2.41. The molecule has 0 radical (unpaired) electrons. The molecule has 1 unspecified atom stereocenters. The SMILES string of the molecule is O=C1CCC(N2Cc3cc(N4CCC(C5CCNCC5)CC4)ccc3C2=O)C(=O)N1. The summed E-state index contributed by atoms with van der Waals surface area (Å²) in [6.07, 6.45) is 5.78. The molecule has 2 N–H and O–H groups in total. The molecule has 4 aliphatic rings. The smallest absolute Gasteiger partial charge is 0.255 e. The zero-order chi connectivity index (χ0) is 20.7. The number of rotatable bonds is 3.